The predicted molar refractivity (Wildman–Crippen MR) is 48.9 cm³/mol. The number of carbonyl (C=O) groups excluding carboxylic acids is 2. The molecule has 0 bridgehead atoms. The van der Waals surface area contributed by atoms with Crippen molar-refractivity contribution in [1.82, 2.24) is 0 Å². The third-order valence-electron chi connectivity index (χ3n) is 2.03. The van der Waals surface area contributed by atoms with Crippen LogP contribution in [0.2, 0.25) is 0 Å². The molecule has 0 aliphatic heterocycles. The first-order valence-electron chi connectivity index (χ1n) is 4.78. The second-order valence-corrected chi connectivity index (χ2v) is 3.26. The molecule has 1 radical (unpaired) electrons. The minimum atomic E-state index is -0.956. The number of carbonyl (C=O) groups is 2. The Balaban J connectivity index is -0.000000180. The topological polar surface area (TPSA) is 80.3 Å². The van der Waals surface area contributed by atoms with Crippen LogP contribution in [0, 0.1) is 11.8 Å². The first kappa shape index (κ1) is 19.9. The molecule has 0 aromatic heterocycles. The van der Waals surface area contributed by atoms with Crippen LogP contribution >= 0.6 is 0 Å². The number of aliphatic carboxylic acids is 2. The molecule has 0 spiro atoms. The fourth-order valence-corrected chi connectivity index (χ4v) is 0.333. The van der Waals surface area contributed by atoms with Crippen LogP contribution in [0.15, 0.2) is 0 Å². The van der Waals surface area contributed by atoms with Gasteiger partial charge in [0.2, 0.25) is 0 Å². The van der Waals surface area contributed by atoms with Crippen molar-refractivity contribution in [1.29, 1.82) is 0 Å². The molecule has 4 nitrogen and oxygen atoms in total. The van der Waals surface area contributed by atoms with Gasteiger partial charge in [0.05, 0.1) is 0 Å². The van der Waals surface area contributed by atoms with Gasteiger partial charge in [-0.05, 0) is 24.7 Å². The van der Waals surface area contributed by atoms with Gasteiger partial charge in [0.1, 0.15) is 0 Å². The van der Waals surface area contributed by atoms with Crippen molar-refractivity contribution in [3.05, 3.63) is 0 Å². The van der Waals surface area contributed by atoms with Crippen LogP contribution in [-0.4, -0.2) is 11.9 Å². The molecule has 0 amide bonds. The molecule has 15 heavy (non-hydrogen) atoms. The third-order valence-corrected chi connectivity index (χ3v) is 2.03. The molecule has 0 saturated heterocycles. The molecule has 0 saturated carbocycles. The summed E-state index contributed by atoms with van der Waals surface area (Å²) < 4.78 is 0. The van der Waals surface area contributed by atoms with Gasteiger partial charge >= 0.3 is 16.8 Å². The van der Waals surface area contributed by atoms with Gasteiger partial charge in [-0.15, -0.1) is 0 Å². The van der Waals surface area contributed by atoms with E-state index in [1.807, 2.05) is 13.8 Å². The normalized spacial score (nSPS) is 12.5. The van der Waals surface area contributed by atoms with E-state index < -0.39 is 11.9 Å². The van der Waals surface area contributed by atoms with E-state index >= 15 is 0 Å². The number of carboxylic acid groups (broad SMARTS) is 2. The predicted octanol–water partition coefficient (Wildman–Crippen LogP) is -0.438. The summed E-state index contributed by atoms with van der Waals surface area (Å²) in [5, 5.41) is 19.6. The van der Waals surface area contributed by atoms with E-state index in [1.54, 1.807) is 13.8 Å². The summed E-state index contributed by atoms with van der Waals surface area (Å²) in [5.74, 6) is -2.50. The molecule has 5 heteroatoms. The molecule has 2 atom stereocenters. The van der Waals surface area contributed by atoms with E-state index in [2.05, 4.69) is 0 Å². The zero-order chi connectivity index (χ0) is 11.7. The van der Waals surface area contributed by atoms with Gasteiger partial charge in [-0.2, -0.15) is 0 Å². The van der Waals surface area contributed by atoms with Crippen molar-refractivity contribution in [2.45, 2.75) is 40.5 Å². The summed E-state index contributed by atoms with van der Waals surface area (Å²) in [6, 6.07) is 0. The maximum atomic E-state index is 9.82. The Labute approximate surface area is 101 Å². The molecule has 0 N–H and O–H groups in total. The standard InChI is InChI=1S/2C5H10O2.Co/c2*1-3-4(2)5(6)7;/h2*4H,3H2,1-2H3,(H,6,7);/q;;+2/p-2. The van der Waals surface area contributed by atoms with Crippen LogP contribution in [-0.2, 0) is 26.4 Å². The fourth-order valence-electron chi connectivity index (χ4n) is 0.333. The fraction of sp³-hybridized carbons (Fsp3) is 0.800. The Morgan fingerprint density at radius 1 is 0.933 bits per heavy atom. The van der Waals surface area contributed by atoms with Gasteiger partial charge in [-0.1, -0.05) is 27.7 Å². The quantitative estimate of drug-likeness (QED) is 0.687. The van der Waals surface area contributed by atoms with Crippen molar-refractivity contribution in [2.75, 3.05) is 0 Å². The van der Waals surface area contributed by atoms with Crippen LogP contribution in [0.4, 0.5) is 0 Å². The molecule has 0 aromatic rings. The summed E-state index contributed by atoms with van der Waals surface area (Å²) in [5.41, 5.74) is 0. The van der Waals surface area contributed by atoms with Crippen LogP contribution < -0.4 is 10.2 Å². The van der Waals surface area contributed by atoms with Gasteiger partial charge in [0, 0.05) is 11.9 Å². The molecule has 0 aromatic carbocycles. The molecule has 0 aliphatic rings. The maximum absolute atomic E-state index is 9.82. The SMILES string of the molecule is CCC(C)C(=O)[O-].CCC(C)C(=O)[O-].[Co+2]. The number of hydrogen-bond acceptors (Lipinski definition) is 4. The van der Waals surface area contributed by atoms with E-state index in [4.69, 9.17) is 0 Å². The van der Waals surface area contributed by atoms with Crippen LogP contribution in [0.25, 0.3) is 0 Å². The third kappa shape index (κ3) is 13.4. The molecule has 91 valence electrons. The Morgan fingerprint density at radius 3 is 1.13 bits per heavy atom. The average molecular weight is 261 g/mol. The Kier molecular flexibility index (Phi) is 15.3. The number of rotatable bonds is 4. The Bertz CT molecular complexity index is 162. The summed E-state index contributed by atoms with van der Waals surface area (Å²) >= 11 is 0. The van der Waals surface area contributed by atoms with Gasteiger partial charge < -0.3 is 19.8 Å². The summed E-state index contributed by atoms with van der Waals surface area (Å²) in [4.78, 5) is 19.6. The first-order chi connectivity index (χ1) is 6.36. The van der Waals surface area contributed by atoms with Crippen molar-refractivity contribution in [3.8, 4) is 0 Å². The smallest absolute Gasteiger partial charge is 0.550 e. The van der Waals surface area contributed by atoms with Crippen molar-refractivity contribution in [3.63, 3.8) is 0 Å². The van der Waals surface area contributed by atoms with Gasteiger partial charge in [0.25, 0.3) is 0 Å². The molecular weight excluding hydrogens is 243 g/mol. The molecule has 0 heterocycles. The minimum absolute atomic E-state index is 0. The molecule has 0 fully saturated rings. The van der Waals surface area contributed by atoms with Crippen LogP contribution in [0.5, 0.6) is 0 Å². The summed E-state index contributed by atoms with van der Waals surface area (Å²) in [7, 11) is 0. The second kappa shape index (κ2) is 11.5. The largest absolute Gasteiger partial charge is 2.00 e. The van der Waals surface area contributed by atoms with E-state index in [9.17, 15) is 19.8 Å². The summed E-state index contributed by atoms with van der Waals surface area (Å²) in [6.07, 6.45) is 1.31. The van der Waals surface area contributed by atoms with Gasteiger partial charge in [-0.25, -0.2) is 0 Å². The Morgan fingerprint density at radius 2 is 1.13 bits per heavy atom. The maximum Gasteiger partial charge on any atom is 2.00 e. The first-order valence-corrected chi connectivity index (χ1v) is 4.78. The molecular formula is C10H18CoO4. The monoisotopic (exact) mass is 261 g/mol. The van der Waals surface area contributed by atoms with Crippen molar-refractivity contribution in [2.24, 2.45) is 11.8 Å². The zero-order valence-electron chi connectivity index (χ0n) is 9.54. The van der Waals surface area contributed by atoms with E-state index in [-0.39, 0.29) is 28.6 Å². The van der Waals surface area contributed by atoms with Crippen molar-refractivity contribution >= 4 is 11.9 Å². The average Bonchev–Trinajstić information content (AvgIpc) is 2.15. The second-order valence-electron chi connectivity index (χ2n) is 3.26. The molecule has 2 unspecified atom stereocenters. The number of carboxylic acids is 2. The van der Waals surface area contributed by atoms with Crippen LogP contribution in [0.1, 0.15) is 40.5 Å². The summed E-state index contributed by atoms with van der Waals surface area (Å²) in [6.45, 7) is 6.91. The van der Waals surface area contributed by atoms with E-state index in [0.29, 0.717) is 12.8 Å². The van der Waals surface area contributed by atoms with E-state index in [0.717, 1.165) is 0 Å². The van der Waals surface area contributed by atoms with Crippen molar-refractivity contribution < 1.29 is 36.6 Å². The van der Waals surface area contributed by atoms with Gasteiger partial charge in [-0.3, -0.25) is 0 Å². The van der Waals surface area contributed by atoms with Crippen LogP contribution in [0.3, 0.4) is 0 Å². The number of hydrogen-bond donors (Lipinski definition) is 0. The zero-order valence-corrected chi connectivity index (χ0v) is 10.6. The minimum Gasteiger partial charge on any atom is -0.550 e. The molecule has 0 rings (SSSR count). The Hall–Kier alpha value is -0.554. The van der Waals surface area contributed by atoms with Gasteiger partial charge in [0.15, 0.2) is 0 Å². The molecule has 0 aliphatic carbocycles. The van der Waals surface area contributed by atoms with E-state index in [1.165, 1.54) is 0 Å².